The largest absolute Gasteiger partial charge is 0.331 e. The molecule has 0 saturated heterocycles. The number of nitrogens with zero attached hydrogens (tertiary/aromatic N) is 2. The summed E-state index contributed by atoms with van der Waals surface area (Å²) in [4.78, 5) is 16.1. The van der Waals surface area contributed by atoms with Crippen molar-refractivity contribution in [1.29, 1.82) is 0 Å². The first-order valence-electron chi connectivity index (χ1n) is 6.33. The number of Topliss-reactive ketones (excluding diaryl/α,β-unsaturated/α-hetero) is 1. The molecule has 0 spiro atoms. The number of fused-ring (bicyclic) bond motifs is 1. The van der Waals surface area contributed by atoms with Crippen LogP contribution in [0, 0.1) is 6.92 Å². The molecule has 1 fully saturated rings. The SMILES string of the molecule is Cc1c(C2CCCC2)nc2n1CCC(=O)C2. The third-order valence-corrected chi connectivity index (χ3v) is 4.05. The van der Waals surface area contributed by atoms with Gasteiger partial charge in [0.2, 0.25) is 0 Å². The Labute approximate surface area is 95.9 Å². The predicted molar refractivity (Wildman–Crippen MR) is 61.5 cm³/mol. The minimum atomic E-state index is 0.343. The van der Waals surface area contributed by atoms with E-state index < -0.39 is 0 Å². The van der Waals surface area contributed by atoms with E-state index in [4.69, 9.17) is 4.98 Å². The molecule has 2 heterocycles. The monoisotopic (exact) mass is 218 g/mol. The lowest BCUT2D eigenvalue weighted by Gasteiger charge is -2.14. The van der Waals surface area contributed by atoms with Crippen LogP contribution >= 0.6 is 0 Å². The zero-order valence-corrected chi connectivity index (χ0v) is 9.83. The number of hydrogen-bond acceptors (Lipinski definition) is 2. The van der Waals surface area contributed by atoms with E-state index in [0.29, 0.717) is 24.5 Å². The van der Waals surface area contributed by atoms with Gasteiger partial charge in [-0.15, -0.1) is 0 Å². The normalized spacial score (nSPS) is 21.4. The van der Waals surface area contributed by atoms with Crippen molar-refractivity contribution in [3.05, 3.63) is 17.2 Å². The molecule has 0 atom stereocenters. The van der Waals surface area contributed by atoms with Crippen molar-refractivity contribution in [3.63, 3.8) is 0 Å². The molecule has 1 aliphatic carbocycles. The lowest BCUT2D eigenvalue weighted by Crippen LogP contribution is -2.19. The Kier molecular flexibility index (Phi) is 2.34. The molecular weight excluding hydrogens is 200 g/mol. The molecule has 1 aliphatic heterocycles. The fourth-order valence-corrected chi connectivity index (χ4v) is 3.13. The maximum absolute atomic E-state index is 11.4. The molecule has 3 rings (SSSR count). The molecule has 86 valence electrons. The Morgan fingerprint density at radius 1 is 1.31 bits per heavy atom. The predicted octanol–water partition coefficient (Wildman–Crippen LogP) is 2.36. The number of imidazole rings is 1. The molecule has 0 amide bonds. The molecular formula is C13H18N2O. The molecule has 0 unspecified atom stereocenters. The molecule has 0 aromatic carbocycles. The number of carbonyl (C=O) groups excluding carboxylic acids is 1. The Bertz CT molecular complexity index is 427. The van der Waals surface area contributed by atoms with Crippen LogP contribution in [0.4, 0.5) is 0 Å². The van der Waals surface area contributed by atoms with Crippen molar-refractivity contribution >= 4 is 5.78 Å². The van der Waals surface area contributed by atoms with Gasteiger partial charge in [0.1, 0.15) is 11.6 Å². The van der Waals surface area contributed by atoms with E-state index in [-0.39, 0.29) is 0 Å². The van der Waals surface area contributed by atoms with Crippen LogP contribution in [-0.2, 0) is 17.8 Å². The van der Waals surface area contributed by atoms with Gasteiger partial charge in [0.05, 0.1) is 12.1 Å². The average Bonchev–Trinajstić information content (AvgIpc) is 2.86. The highest BCUT2D eigenvalue weighted by Crippen LogP contribution is 2.35. The standard InChI is InChI=1S/C13H18N2O/c1-9-13(10-4-2-3-5-10)14-12-8-11(16)6-7-15(9)12/h10H,2-8H2,1H3. The maximum atomic E-state index is 11.4. The van der Waals surface area contributed by atoms with Crippen molar-refractivity contribution in [3.8, 4) is 0 Å². The molecule has 0 N–H and O–H groups in total. The summed E-state index contributed by atoms with van der Waals surface area (Å²) in [7, 11) is 0. The number of ketones is 1. The smallest absolute Gasteiger partial charge is 0.142 e. The van der Waals surface area contributed by atoms with Crippen LogP contribution in [0.15, 0.2) is 0 Å². The van der Waals surface area contributed by atoms with Crippen LogP contribution in [0.1, 0.15) is 55.2 Å². The first-order chi connectivity index (χ1) is 7.75. The molecule has 1 aromatic heterocycles. The number of hydrogen-bond donors (Lipinski definition) is 0. The van der Waals surface area contributed by atoms with Gasteiger partial charge in [0, 0.05) is 24.6 Å². The van der Waals surface area contributed by atoms with Gasteiger partial charge in [0.15, 0.2) is 0 Å². The highest BCUT2D eigenvalue weighted by Gasteiger charge is 2.26. The van der Waals surface area contributed by atoms with Crippen molar-refractivity contribution in [2.45, 2.75) is 57.9 Å². The molecule has 3 nitrogen and oxygen atoms in total. The minimum Gasteiger partial charge on any atom is -0.331 e. The summed E-state index contributed by atoms with van der Waals surface area (Å²) in [6.07, 6.45) is 6.48. The number of rotatable bonds is 1. The second-order valence-electron chi connectivity index (χ2n) is 5.10. The third kappa shape index (κ3) is 1.49. The number of aromatic nitrogens is 2. The van der Waals surface area contributed by atoms with Gasteiger partial charge in [-0.25, -0.2) is 4.98 Å². The molecule has 0 radical (unpaired) electrons. The Hall–Kier alpha value is -1.12. The molecule has 2 aliphatic rings. The fourth-order valence-electron chi connectivity index (χ4n) is 3.13. The summed E-state index contributed by atoms with van der Waals surface area (Å²) in [6.45, 7) is 3.01. The molecule has 1 saturated carbocycles. The second-order valence-corrected chi connectivity index (χ2v) is 5.10. The van der Waals surface area contributed by atoms with E-state index in [1.807, 2.05) is 0 Å². The summed E-state index contributed by atoms with van der Waals surface area (Å²) in [5, 5.41) is 0. The van der Waals surface area contributed by atoms with E-state index in [0.717, 1.165) is 12.4 Å². The van der Waals surface area contributed by atoms with E-state index >= 15 is 0 Å². The van der Waals surface area contributed by atoms with Crippen molar-refractivity contribution in [2.75, 3.05) is 0 Å². The van der Waals surface area contributed by atoms with Crippen LogP contribution in [0.2, 0.25) is 0 Å². The third-order valence-electron chi connectivity index (χ3n) is 4.05. The van der Waals surface area contributed by atoms with Crippen molar-refractivity contribution in [2.24, 2.45) is 0 Å². The maximum Gasteiger partial charge on any atom is 0.142 e. The van der Waals surface area contributed by atoms with Crippen LogP contribution in [0.25, 0.3) is 0 Å². The van der Waals surface area contributed by atoms with E-state index in [9.17, 15) is 4.79 Å². The quantitative estimate of drug-likeness (QED) is 0.725. The fraction of sp³-hybridized carbons (Fsp3) is 0.692. The van der Waals surface area contributed by atoms with Crippen LogP contribution < -0.4 is 0 Å². The summed E-state index contributed by atoms with van der Waals surface area (Å²) >= 11 is 0. The van der Waals surface area contributed by atoms with Gasteiger partial charge >= 0.3 is 0 Å². The van der Waals surface area contributed by atoms with E-state index in [1.54, 1.807) is 0 Å². The van der Waals surface area contributed by atoms with Gasteiger partial charge < -0.3 is 4.57 Å². The number of carbonyl (C=O) groups is 1. The topological polar surface area (TPSA) is 34.9 Å². The van der Waals surface area contributed by atoms with Crippen LogP contribution in [-0.4, -0.2) is 15.3 Å². The zero-order valence-electron chi connectivity index (χ0n) is 9.83. The first kappa shape index (κ1) is 10.1. The lowest BCUT2D eigenvalue weighted by atomic mass is 10.0. The average molecular weight is 218 g/mol. The second kappa shape index (κ2) is 3.72. The minimum absolute atomic E-state index is 0.343. The molecule has 16 heavy (non-hydrogen) atoms. The Balaban J connectivity index is 1.97. The van der Waals surface area contributed by atoms with E-state index in [1.165, 1.54) is 37.1 Å². The van der Waals surface area contributed by atoms with Crippen molar-refractivity contribution < 1.29 is 4.79 Å². The summed E-state index contributed by atoms with van der Waals surface area (Å²) in [6, 6.07) is 0. The van der Waals surface area contributed by atoms with Gasteiger partial charge in [-0.3, -0.25) is 4.79 Å². The van der Waals surface area contributed by atoms with Crippen molar-refractivity contribution in [1.82, 2.24) is 9.55 Å². The summed E-state index contributed by atoms with van der Waals surface area (Å²) in [5.74, 6) is 2.01. The van der Waals surface area contributed by atoms with Gasteiger partial charge in [-0.2, -0.15) is 0 Å². The van der Waals surface area contributed by atoms with Crippen LogP contribution in [0.5, 0.6) is 0 Å². The van der Waals surface area contributed by atoms with Gasteiger partial charge in [0.25, 0.3) is 0 Å². The zero-order chi connectivity index (χ0) is 11.1. The van der Waals surface area contributed by atoms with Gasteiger partial charge in [-0.1, -0.05) is 12.8 Å². The highest BCUT2D eigenvalue weighted by molar-refractivity contribution is 5.81. The molecule has 0 bridgehead atoms. The Morgan fingerprint density at radius 3 is 2.81 bits per heavy atom. The molecule has 3 heteroatoms. The molecule has 1 aromatic rings. The summed E-state index contributed by atoms with van der Waals surface area (Å²) < 4.78 is 2.26. The highest BCUT2D eigenvalue weighted by atomic mass is 16.1. The van der Waals surface area contributed by atoms with Gasteiger partial charge in [-0.05, 0) is 19.8 Å². The van der Waals surface area contributed by atoms with E-state index in [2.05, 4.69) is 11.5 Å². The van der Waals surface area contributed by atoms with Crippen LogP contribution in [0.3, 0.4) is 0 Å². The lowest BCUT2D eigenvalue weighted by molar-refractivity contribution is -0.119. The Morgan fingerprint density at radius 2 is 2.06 bits per heavy atom. The summed E-state index contributed by atoms with van der Waals surface area (Å²) in [5.41, 5.74) is 2.59. The first-order valence-corrected chi connectivity index (χ1v) is 6.33.